The normalized spacial score (nSPS) is 23.0. The van der Waals surface area contributed by atoms with Gasteiger partial charge < -0.3 is 10.0 Å². The zero-order chi connectivity index (χ0) is 17.6. The van der Waals surface area contributed by atoms with Crippen molar-refractivity contribution in [1.29, 1.82) is 0 Å². The fraction of sp³-hybridized carbons (Fsp3) is 0.389. The molecule has 0 unspecified atom stereocenters. The second-order valence-corrected chi connectivity index (χ2v) is 8.00. The van der Waals surface area contributed by atoms with Crippen LogP contribution in [0, 0.1) is 17.8 Å². The smallest absolute Gasteiger partial charge is 0.308 e. The highest BCUT2D eigenvalue weighted by Gasteiger charge is 2.47. The Kier molecular flexibility index (Phi) is 4.25. The number of thiazole rings is 1. The van der Waals surface area contributed by atoms with Gasteiger partial charge in [0.25, 0.3) is 5.91 Å². The van der Waals surface area contributed by atoms with Crippen LogP contribution in [-0.4, -0.2) is 40.0 Å². The molecule has 7 heteroatoms. The predicted octanol–water partition coefficient (Wildman–Crippen LogP) is 3.65. The van der Waals surface area contributed by atoms with Crippen molar-refractivity contribution in [2.24, 2.45) is 17.8 Å². The molecule has 1 aliphatic carbocycles. The highest BCUT2D eigenvalue weighted by molar-refractivity contribution is 7.13. The molecule has 0 spiro atoms. The van der Waals surface area contributed by atoms with Gasteiger partial charge in [-0.1, -0.05) is 23.7 Å². The van der Waals surface area contributed by atoms with Gasteiger partial charge in [-0.2, -0.15) is 0 Å². The lowest BCUT2D eigenvalue weighted by Gasteiger charge is -2.14. The van der Waals surface area contributed by atoms with Crippen molar-refractivity contribution in [2.45, 2.75) is 12.8 Å². The van der Waals surface area contributed by atoms with E-state index in [1.54, 1.807) is 16.3 Å². The Bertz CT molecular complexity index is 833. The second-order valence-electron chi connectivity index (χ2n) is 6.70. The molecule has 1 aromatic carbocycles. The Morgan fingerprint density at radius 3 is 2.76 bits per heavy atom. The maximum absolute atomic E-state index is 12.8. The molecule has 1 aromatic heterocycles. The number of amides is 1. The van der Waals surface area contributed by atoms with Crippen LogP contribution in [0.5, 0.6) is 0 Å². The van der Waals surface area contributed by atoms with Crippen LogP contribution >= 0.6 is 22.9 Å². The molecule has 0 bridgehead atoms. The lowest BCUT2D eigenvalue weighted by molar-refractivity contribution is -0.142. The van der Waals surface area contributed by atoms with Crippen LogP contribution in [0.25, 0.3) is 10.6 Å². The fourth-order valence-electron chi connectivity index (χ4n) is 3.55. The summed E-state index contributed by atoms with van der Waals surface area (Å²) in [6, 6.07) is 7.35. The van der Waals surface area contributed by atoms with Crippen molar-refractivity contribution in [3.8, 4) is 10.6 Å². The standard InChI is InChI=1S/C18H17ClN2O3S/c19-12-3-1-2-11(6-12)16-20-15(9-25-16)17(22)21-7-13(10-4-5-10)14(8-21)18(23)24/h1-3,6,9-10,13-14H,4-5,7-8H2,(H,23,24)/t13-,14+/m1/s1. The molecule has 2 atom stereocenters. The second kappa shape index (κ2) is 6.42. The molecular formula is C18H17ClN2O3S. The van der Waals surface area contributed by atoms with Gasteiger partial charge in [0.1, 0.15) is 10.7 Å². The lowest BCUT2D eigenvalue weighted by atomic mass is 9.92. The maximum atomic E-state index is 12.8. The Morgan fingerprint density at radius 2 is 2.08 bits per heavy atom. The number of benzene rings is 1. The summed E-state index contributed by atoms with van der Waals surface area (Å²) in [7, 11) is 0. The van der Waals surface area contributed by atoms with Gasteiger partial charge in [-0.15, -0.1) is 11.3 Å². The SMILES string of the molecule is O=C(O)[C@H]1CN(C(=O)c2csc(-c3cccc(Cl)c3)n2)C[C@@H]1C1CC1. The van der Waals surface area contributed by atoms with Crippen molar-refractivity contribution in [1.82, 2.24) is 9.88 Å². The molecule has 130 valence electrons. The highest BCUT2D eigenvalue weighted by Crippen LogP contribution is 2.44. The molecule has 2 heterocycles. The van der Waals surface area contributed by atoms with Crippen LogP contribution in [0.3, 0.4) is 0 Å². The van der Waals surface area contributed by atoms with E-state index in [1.807, 2.05) is 18.2 Å². The quantitative estimate of drug-likeness (QED) is 0.884. The molecule has 2 aliphatic rings. The molecule has 1 saturated heterocycles. The number of hydrogen-bond donors (Lipinski definition) is 1. The molecular weight excluding hydrogens is 360 g/mol. The number of rotatable bonds is 4. The Morgan fingerprint density at radius 1 is 1.28 bits per heavy atom. The van der Waals surface area contributed by atoms with E-state index in [9.17, 15) is 14.7 Å². The topological polar surface area (TPSA) is 70.5 Å². The number of aromatic nitrogens is 1. The molecule has 2 aromatic rings. The highest BCUT2D eigenvalue weighted by atomic mass is 35.5. The number of halogens is 1. The Labute approximate surface area is 154 Å². The van der Waals surface area contributed by atoms with Gasteiger partial charge in [-0.25, -0.2) is 4.98 Å². The zero-order valence-corrected chi connectivity index (χ0v) is 15.0. The van der Waals surface area contributed by atoms with Crippen molar-refractivity contribution < 1.29 is 14.7 Å². The number of carbonyl (C=O) groups excluding carboxylic acids is 1. The van der Waals surface area contributed by atoms with Crippen molar-refractivity contribution >= 4 is 34.8 Å². The summed E-state index contributed by atoms with van der Waals surface area (Å²) in [5, 5.41) is 12.5. The third-order valence-electron chi connectivity index (χ3n) is 4.99. The molecule has 5 nitrogen and oxygen atoms in total. The van der Waals surface area contributed by atoms with E-state index >= 15 is 0 Å². The van der Waals surface area contributed by atoms with Crippen molar-refractivity contribution in [3.05, 3.63) is 40.4 Å². The fourth-order valence-corrected chi connectivity index (χ4v) is 4.53. The number of likely N-dealkylation sites (tertiary alicyclic amines) is 1. The molecule has 1 saturated carbocycles. The average Bonchev–Trinajstić information content (AvgIpc) is 3.14. The van der Waals surface area contributed by atoms with Gasteiger partial charge in [-0.3, -0.25) is 9.59 Å². The first-order chi connectivity index (χ1) is 12.0. The summed E-state index contributed by atoms with van der Waals surface area (Å²) in [4.78, 5) is 30.4. The van der Waals surface area contributed by atoms with Crippen LogP contribution in [0.2, 0.25) is 5.02 Å². The summed E-state index contributed by atoms with van der Waals surface area (Å²) >= 11 is 7.40. The molecule has 0 radical (unpaired) electrons. The Balaban J connectivity index is 1.53. The minimum Gasteiger partial charge on any atom is -0.481 e. The number of carbonyl (C=O) groups is 2. The van der Waals surface area contributed by atoms with Gasteiger partial charge in [0.2, 0.25) is 0 Å². The van der Waals surface area contributed by atoms with E-state index in [0.29, 0.717) is 23.2 Å². The molecule has 1 aliphatic heterocycles. The monoisotopic (exact) mass is 376 g/mol. The largest absolute Gasteiger partial charge is 0.481 e. The predicted molar refractivity (Wildman–Crippen MR) is 95.8 cm³/mol. The number of nitrogens with zero attached hydrogens (tertiary/aromatic N) is 2. The zero-order valence-electron chi connectivity index (χ0n) is 13.4. The van der Waals surface area contributed by atoms with E-state index in [-0.39, 0.29) is 18.4 Å². The first-order valence-corrected chi connectivity index (χ1v) is 9.52. The van der Waals surface area contributed by atoms with E-state index in [4.69, 9.17) is 11.6 Å². The van der Waals surface area contributed by atoms with E-state index in [2.05, 4.69) is 4.98 Å². The summed E-state index contributed by atoms with van der Waals surface area (Å²) < 4.78 is 0. The van der Waals surface area contributed by atoms with Crippen molar-refractivity contribution in [2.75, 3.05) is 13.1 Å². The van der Waals surface area contributed by atoms with Gasteiger partial charge in [-0.05, 0) is 36.8 Å². The molecule has 1 amide bonds. The average molecular weight is 377 g/mol. The summed E-state index contributed by atoms with van der Waals surface area (Å²) in [5.74, 6) is -0.907. The number of carboxylic acids is 1. The lowest BCUT2D eigenvalue weighted by Crippen LogP contribution is -2.30. The molecule has 4 rings (SSSR count). The van der Waals surface area contributed by atoms with Crippen LogP contribution in [0.15, 0.2) is 29.6 Å². The van der Waals surface area contributed by atoms with Crippen LogP contribution in [0.4, 0.5) is 0 Å². The molecule has 2 fully saturated rings. The third kappa shape index (κ3) is 3.28. The van der Waals surface area contributed by atoms with Gasteiger partial charge in [0.15, 0.2) is 0 Å². The van der Waals surface area contributed by atoms with Crippen molar-refractivity contribution in [3.63, 3.8) is 0 Å². The number of carboxylic acid groups (broad SMARTS) is 1. The summed E-state index contributed by atoms with van der Waals surface area (Å²) in [6.07, 6.45) is 2.15. The first kappa shape index (κ1) is 16.5. The molecule has 25 heavy (non-hydrogen) atoms. The van der Waals surface area contributed by atoms with E-state index < -0.39 is 11.9 Å². The minimum absolute atomic E-state index is 0.0764. The number of aliphatic carboxylic acids is 1. The Hall–Kier alpha value is -1.92. The van der Waals surface area contributed by atoms with Crippen LogP contribution < -0.4 is 0 Å². The summed E-state index contributed by atoms with van der Waals surface area (Å²) in [5.41, 5.74) is 1.25. The van der Waals surface area contributed by atoms with E-state index in [1.165, 1.54) is 11.3 Å². The first-order valence-electron chi connectivity index (χ1n) is 8.26. The van der Waals surface area contributed by atoms with Gasteiger partial charge >= 0.3 is 5.97 Å². The summed E-state index contributed by atoms with van der Waals surface area (Å²) in [6.45, 7) is 0.795. The number of hydrogen-bond acceptors (Lipinski definition) is 4. The minimum atomic E-state index is -0.801. The van der Waals surface area contributed by atoms with Gasteiger partial charge in [0, 0.05) is 29.1 Å². The molecule has 1 N–H and O–H groups in total. The van der Waals surface area contributed by atoms with E-state index in [0.717, 1.165) is 23.4 Å². The van der Waals surface area contributed by atoms with Gasteiger partial charge in [0.05, 0.1) is 5.92 Å². The van der Waals surface area contributed by atoms with Crippen LogP contribution in [0.1, 0.15) is 23.3 Å². The van der Waals surface area contributed by atoms with Crippen LogP contribution in [-0.2, 0) is 4.79 Å². The third-order valence-corrected chi connectivity index (χ3v) is 6.12. The maximum Gasteiger partial charge on any atom is 0.308 e.